The molecular formula is C13H15ClN4O. The van der Waals surface area contributed by atoms with Gasteiger partial charge >= 0.3 is 0 Å². The molecule has 1 unspecified atom stereocenters. The minimum Gasteiger partial charge on any atom is -0.323 e. The first-order chi connectivity index (χ1) is 9.13. The maximum absolute atomic E-state index is 11.9. The number of anilines is 1. The third-order valence-electron chi connectivity index (χ3n) is 2.80. The number of halogens is 1. The van der Waals surface area contributed by atoms with Crippen LogP contribution in [0.1, 0.15) is 6.92 Å². The van der Waals surface area contributed by atoms with Crippen molar-refractivity contribution in [1.29, 1.82) is 0 Å². The molecule has 1 amide bonds. The first-order valence-electron chi connectivity index (χ1n) is 5.90. The Bertz CT molecular complexity index is 568. The Kier molecular flexibility index (Phi) is 4.19. The fourth-order valence-corrected chi connectivity index (χ4v) is 1.88. The highest BCUT2D eigenvalue weighted by Gasteiger charge is 2.15. The number of carbonyl (C=O) groups excluding carboxylic acids is 1. The molecule has 1 aromatic carbocycles. The molecule has 1 atom stereocenters. The number of hydrogen-bond donors (Lipinski definition) is 2. The van der Waals surface area contributed by atoms with Gasteiger partial charge in [-0.1, -0.05) is 17.7 Å². The van der Waals surface area contributed by atoms with Gasteiger partial charge in [0.05, 0.1) is 16.8 Å². The Morgan fingerprint density at radius 2 is 2.21 bits per heavy atom. The predicted octanol–water partition coefficient (Wildman–Crippen LogP) is 2.07. The fraction of sp³-hybridized carbons (Fsp3) is 0.231. The minimum atomic E-state index is -0.288. The normalized spacial score (nSPS) is 12.2. The summed E-state index contributed by atoms with van der Waals surface area (Å²) in [6.07, 6.45) is 3.43. The molecule has 0 fully saturated rings. The number of carbonyl (C=O) groups is 1. The van der Waals surface area contributed by atoms with Crippen LogP contribution in [0.4, 0.5) is 5.69 Å². The molecule has 2 aromatic rings. The van der Waals surface area contributed by atoms with E-state index in [9.17, 15) is 4.79 Å². The van der Waals surface area contributed by atoms with E-state index >= 15 is 0 Å². The standard InChI is InChI=1S/C13H15ClN4O/c1-9(15-2)13(19)17-11-6-3-5-10(14)12(11)18-8-4-7-16-18/h3-9,15H,1-2H3,(H,17,19). The number of rotatable bonds is 4. The van der Waals surface area contributed by atoms with Crippen molar-refractivity contribution in [2.24, 2.45) is 0 Å². The highest BCUT2D eigenvalue weighted by atomic mass is 35.5. The van der Waals surface area contributed by atoms with E-state index in [-0.39, 0.29) is 11.9 Å². The lowest BCUT2D eigenvalue weighted by Crippen LogP contribution is -2.35. The molecule has 5 nitrogen and oxygen atoms in total. The minimum absolute atomic E-state index is 0.127. The zero-order chi connectivity index (χ0) is 13.8. The van der Waals surface area contributed by atoms with Crippen LogP contribution in [-0.2, 0) is 4.79 Å². The summed E-state index contributed by atoms with van der Waals surface area (Å²) in [5.74, 6) is -0.127. The number of nitrogens with zero attached hydrogens (tertiary/aromatic N) is 2. The molecule has 1 aromatic heterocycles. The molecular weight excluding hydrogens is 264 g/mol. The first-order valence-corrected chi connectivity index (χ1v) is 6.28. The van der Waals surface area contributed by atoms with E-state index in [1.807, 2.05) is 0 Å². The molecule has 2 rings (SSSR count). The van der Waals surface area contributed by atoms with Crippen molar-refractivity contribution in [3.05, 3.63) is 41.7 Å². The second-order valence-electron chi connectivity index (χ2n) is 4.09. The number of para-hydroxylation sites is 1. The molecule has 0 saturated carbocycles. The Morgan fingerprint density at radius 1 is 1.42 bits per heavy atom. The van der Waals surface area contributed by atoms with E-state index in [1.54, 1.807) is 55.3 Å². The van der Waals surface area contributed by atoms with Crippen LogP contribution in [0, 0.1) is 0 Å². The predicted molar refractivity (Wildman–Crippen MR) is 75.7 cm³/mol. The monoisotopic (exact) mass is 278 g/mol. The van der Waals surface area contributed by atoms with Crippen LogP contribution in [0.2, 0.25) is 5.02 Å². The molecule has 0 spiro atoms. The smallest absolute Gasteiger partial charge is 0.241 e. The maximum Gasteiger partial charge on any atom is 0.241 e. The van der Waals surface area contributed by atoms with Gasteiger partial charge in [-0.25, -0.2) is 4.68 Å². The van der Waals surface area contributed by atoms with Gasteiger partial charge in [0.1, 0.15) is 5.69 Å². The average molecular weight is 279 g/mol. The van der Waals surface area contributed by atoms with Crippen molar-refractivity contribution < 1.29 is 4.79 Å². The second kappa shape index (κ2) is 5.86. The van der Waals surface area contributed by atoms with Crippen LogP contribution in [0.5, 0.6) is 0 Å². The van der Waals surface area contributed by atoms with Gasteiger partial charge in [0.15, 0.2) is 0 Å². The van der Waals surface area contributed by atoms with E-state index in [4.69, 9.17) is 11.6 Å². The molecule has 6 heteroatoms. The van der Waals surface area contributed by atoms with Crippen molar-refractivity contribution in [2.45, 2.75) is 13.0 Å². The summed E-state index contributed by atoms with van der Waals surface area (Å²) >= 11 is 6.19. The van der Waals surface area contributed by atoms with Crippen LogP contribution >= 0.6 is 11.6 Å². The van der Waals surface area contributed by atoms with Gasteiger partial charge in [-0.2, -0.15) is 5.10 Å². The third kappa shape index (κ3) is 2.94. The molecule has 0 aliphatic heterocycles. The van der Waals surface area contributed by atoms with Crippen LogP contribution < -0.4 is 10.6 Å². The molecule has 1 heterocycles. The molecule has 19 heavy (non-hydrogen) atoms. The lowest BCUT2D eigenvalue weighted by atomic mass is 10.2. The van der Waals surface area contributed by atoms with Gasteiger partial charge in [0.25, 0.3) is 0 Å². The highest BCUT2D eigenvalue weighted by Crippen LogP contribution is 2.27. The lowest BCUT2D eigenvalue weighted by Gasteiger charge is -2.15. The van der Waals surface area contributed by atoms with E-state index in [1.165, 1.54) is 0 Å². The van der Waals surface area contributed by atoms with Crippen molar-refractivity contribution in [2.75, 3.05) is 12.4 Å². The van der Waals surface area contributed by atoms with Gasteiger partial charge in [-0.3, -0.25) is 4.79 Å². The van der Waals surface area contributed by atoms with E-state index < -0.39 is 0 Å². The molecule has 0 bridgehead atoms. The van der Waals surface area contributed by atoms with Crippen LogP contribution in [-0.4, -0.2) is 28.8 Å². The average Bonchev–Trinajstić information content (AvgIpc) is 2.91. The van der Waals surface area contributed by atoms with E-state index in [0.29, 0.717) is 16.4 Å². The number of amides is 1. The summed E-state index contributed by atoms with van der Waals surface area (Å²) < 4.78 is 1.63. The number of aromatic nitrogens is 2. The summed E-state index contributed by atoms with van der Waals surface area (Å²) in [6, 6.07) is 6.85. The second-order valence-corrected chi connectivity index (χ2v) is 4.49. The van der Waals surface area contributed by atoms with Gasteiger partial charge < -0.3 is 10.6 Å². The van der Waals surface area contributed by atoms with Gasteiger partial charge in [-0.05, 0) is 32.2 Å². The Labute approximate surface area is 116 Å². The van der Waals surface area contributed by atoms with Gasteiger partial charge in [0, 0.05) is 12.4 Å². The Morgan fingerprint density at radius 3 is 2.84 bits per heavy atom. The summed E-state index contributed by atoms with van der Waals surface area (Å²) in [6.45, 7) is 1.79. The fourth-order valence-electron chi connectivity index (χ4n) is 1.62. The van der Waals surface area contributed by atoms with Crippen molar-refractivity contribution in [1.82, 2.24) is 15.1 Å². The van der Waals surface area contributed by atoms with Crippen molar-refractivity contribution >= 4 is 23.2 Å². The summed E-state index contributed by atoms with van der Waals surface area (Å²) in [5, 5.41) is 10.4. The Hall–Kier alpha value is -1.85. The number of hydrogen-bond acceptors (Lipinski definition) is 3. The number of likely N-dealkylation sites (N-methyl/N-ethyl adjacent to an activating group) is 1. The van der Waals surface area contributed by atoms with Crippen molar-refractivity contribution in [3.63, 3.8) is 0 Å². The number of benzene rings is 1. The van der Waals surface area contributed by atoms with Crippen LogP contribution in [0.15, 0.2) is 36.7 Å². The molecule has 100 valence electrons. The first kappa shape index (κ1) is 13.6. The molecule has 2 N–H and O–H groups in total. The van der Waals surface area contributed by atoms with Gasteiger partial charge in [0.2, 0.25) is 5.91 Å². The van der Waals surface area contributed by atoms with E-state index in [2.05, 4.69) is 15.7 Å². The highest BCUT2D eigenvalue weighted by molar-refractivity contribution is 6.33. The maximum atomic E-state index is 11.9. The molecule has 0 radical (unpaired) electrons. The Balaban J connectivity index is 2.36. The van der Waals surface area contributed by atoms with Crippen LogP contribution in [0.25, 0.3) is 5.69 Å². The van der Waals surface area contributed by atoms with Crippen molar-refractivity contribution in [3.8, 4) is 5.69 Å². The van der Waals surface area contributed by atoms with Gasteiger partial charge in [-0.15, -0.1) is 0 Å². The zero-order valence-corrected chi connectivity index (χ0v) is 11.5. The SMILES string of the molecule is CNC(C)C(=O)Nc1cccc(Cl)c1-n1cccn1. The zero-order valence-electron chi connectivity index (χ0n) is 10.7. The largest absolute Gasteiger partial charge is 0.323 e. The number of nitrogens with one attached hydrogen (secondary N) is 2. The van der Waals surface area contributed by atoms with E-state index in [0.717, 1.165) is 0 Å². The molecule has 0 saturated heterocycles. The van der Waals surface area contributed by atoms with Crippen LogP contribution in [0.3, 0.4) is 0 Å². The molecule has 0 aliphatic carbocycles. The lowest BCUT2D eigenvalue weighted by molar-refractivity contribution is -0.117. The summed E-state index contributed by atoms with van der Waals surface area (Å²) in [7, 11) is 1.73. The molecule has 0 aliphatic rings. The quantitative estimate of drug-likeness (QED) is 0.900. The summed E-state index contributed by atoms with van der Waals surface area (Å²) in [4.78, 5) is 11.9. The summed E-state index contributed by atoms with van der Waals surface area (Å²) in [5.41, 5.74) is 1.29. The third-order valence-corrected chi connectivity index (χ3v) is 3.11. The topological polar surface area (TPSA) is 59.0 Å².